The summed E-state index contributed by atoms with van der Waals surface area (Å²) in [4.78, 5) is 15.5. The van der Waals surface area contributed by atoms with Crippen molar-refractivity contribution >= 4 is 10.9 Å². The lowest BCUT2D eigenvalue weighted by Crippen LogP contribution is -2.19. The molecule has 1 atom stereocenters. The highest BCUT2D eigenvalue weighted by molar-refractivity contribution is 5.86. The van der Waals surface area contributed by atoms with Crippen LogP contribution in [0.15, 0.2) is 47.3 Å². The van der Waals surface area contributed by atoms with E-state index >= 15 is 0 Å². The maximum absolute atomic E-state index is 12.5. The monoisotopic (exact) mass is 361 g/mol. The minimum atomic E-state index is 0.0468. The van der Waals surface area contributed by atoms with E-state index in [-0.39, 0.29) is 11.5 Å². The second kappa shape index (κ2) is 7.59. The van der Waals surface area contributed by atoms with Gasteiger partial charge in [-0.25, -0.2) is 0 Å². The summed E-state index contributed by atoms with van der Waals surface area (Å²) in [5.74, 6) is 0.604. The van der Waals surface area contributed by atoms with Gasteiger partial charge in [-0.05, 0) is 79.7 Å². The van der Waals surface area contributed by atoms with Crippen LogP contribution in [0.25, 0.3) is 10.9 Å². The molecule has 0 aliphatic heterocycles. The van der Waals surface area contributed by atoms with Gasteiger partial charge in [0.1, 0.15) is 5.75 Å². The molecule has 1 aliphatic rings. The maximum atomic E-state index is 12.5. The van der Waals surface area contributed by atoms with Crippen molar-refractivity contribution in [2.24, 2.45) is 0 Å². The molecule has 0 saturated carbocycles. The molecular formula is C24H27NO2. The molecule has 2 aromatic carbocycles. The highest BCUT2D eigenvalue weighted by Crippen LogP contribution is 2.35. The average molecular weight is 361 g/mol. The molecule has 3 heteroatoms. The van der Waals surface area contributed by atoms with E-state index in [1.165, 1.54) is 5.56 Å². The molecule has 0 amide bonds. The smallest absolute Gasteiger partial charge is 0.251 e. The number of nitrogens with one attached hydrogen (secondary N) is 1. The number of phenols is 1. The highest BCUT2D eigenvalue weighted by Gasteiger charge is 2.19. The molecule has 4 rings (SSSR count). The number of benzene rings is 2. The molecule has 27 heavy (non-hydrogen) atoms. The zero-order chi connectivity index (χ0) is 18.8. The fourth-order valence-electron chi connectivity index (χ4n) is 4.42. The molecule has 1 heterocycles. The molecule has 3 nitrogen and oxygen atoms in total. The van der Waals surface area contributed by atoms with E-state index in [9.17, 15) is 9.90 Å². The van der Waals surface area contributed by atoms with Crippen LogP contribution >= 0.6 is 0 Å². The van der Waals surface area contributed by atoms with Gasteiger partial charge in [0.05, 0.1) is 0 Å². The van der Waals surface area contributed by atoms with E-state index in [0.717, 1.165) is 72.5 Å². The summed E-state index contributed by atoms with van der Waals surface area (Å²) < 4.78 is 0. The minimum Gasteiger partial charge on any atom is -0.508 e. The SMILES string of the molecule is CC(CCCc1ccccc1)c1cc2[nH]c(=O)c3c(c2cc1O)CCCC3. The molecule has 140 valence electrons. The van der Waals surface area contributed by atoms with Crippen molar-refractivity contribution in [1.82, 2.24) is 4.98 Å². The number of rotatable bonds is 5. The van der Waals surface area contributed by atoms with Crippen molar-refractivity contribution in [3.63, 3.8) is 0 Å². The first-order valence-electron chi connectivity index (χ1n) is 10.1. The Balaban J connectivity index is 1.58. The van der Waals surface area contributed by atoms with Crippen LogP contribution in [0.2, 0.25) is 0 Å². The number of aryl methyl sites for hydroxylation is 2. The summed E-state index contributed by atoms with van der Waals surface area (Å²) in [6, 6.07) is 14.4. The Morgan fingerprint density at radius 2 is 1.81 bits per heavy atom. The van der Waals surface area contributed by atoms with Gasteiger partial charge in [0.25, 0.3) is 5.56 Å². The number of fused-ring (bicyclic) bond motifs is 3. The van der Waals surface area contributed by atoms with Crippen molar-refractivity contribution < 1.29 is 5.11 Å². The van der Waals surface area contributed by atoms with Crippen molar-refractivity contribution in [3.8, 4) is 5.75 Å². The number of phenolic OH excluding ortho intramolecular Hbond substituents is 1. The summed E-state index contributed by atoms with van der Waals surface area (Å²) in [5.41, 5.74) is 5.25. The molecule has 0 fully saturated rings. The van der Waals surface area contributed by atoms with Crippen LogP contribution in [-0.4, -0.2) is 10.1 Å². The first kappa shape index (κ1) is 17.8. The zero-order valence-corrected chi connectivity index (χ0v) is 15.9. The Labute approximate surface area is 160 Å². The zero-order valence-electron chi connectivity index (χ0n) is 15.9. The van der Waals surface area contributed by atoms with Crippen LogP contribution in [0.3, 0.4) is 0 Å². The predicted octanol–water partition coefficient (Wildman–Crippen LogP) is 5.24. The van der Waals surface area contributed by atoms with Gasteiger partial charge < -0.3 is 10.1 Å². The Morgan fingerprint density at radius 3 is 2.59 bits per heavy atom. The van der Waals surface area contributed by atoms with Gasteiger partial charge in [-0.15, -0.1) is 0 Å². The van der Waals surface area contributed by atoms with E-state index < -0.39 is 0 Å². The molecule has 0 radical (unpaired) electrons. The molecule has 3 aromatic rings. The third-order valence-corrected chi connectivity index (χ3v) is 5.96. The lowest BCUT2D eigenvalue weighted by atomic mass is 9.87. The fraction of sp³-hybridized carbons (Fsp3) is 0.375. The van der Waals surface area contributed by atoms with Crippen LogP contribution in [0.1, 0.15) is 60.8 Å². The second-order valence-corrected chi connectivity index (χ2v) is 7.85. The molecular weight excluding hydrogens is 334 g/mol. The molecule has 0 saturated heterocycles. The van der Waals surface area contributed by atoms with E-state index in [2.05, 4.69) is 36.2 Å². The summed E-state index contributed by atoms with van der Waals surface area (Å²) in [5, 5.41) is 11.7. The third kappa shape index (κ3) is 3.64. The molecule has 0 bridgehead atoms. The predicted molar refractivity (Wildman–Crippen MR) is 111 cm³/mol. The van der Waals surface area contributed by atoms with E-state index in [1.807, 2.05) is 18.2 Å². The van der Waals surface area contributed by atoms with Crippen molar-refractivity contribution in [2.75, 3.05) is 0 Å². The Bertz CT molecular complexity index is 1000. The summed E-state index contributed by atoms with van der Waals surface area (Å²) in [6.45, 7) is 2.16. The summed E-state index contributed by atoms with van der Waals surface area (Å²) in [6.07, 6.45) is 7.09. The van der Waals surface area contributed by atoms with Gasteiger partial charge in [0, 0.05) is 16.5 Å². The van der Waals surface area contributed by atoms with Gasteiger partial charge in [-0.1, -0.05) is 37.3 Å². The van der Waals surface area contributed by atoms with Gasteiger partial charge in [-0.3, -0.25) is 4.79 Å². The number of pyridine rings is 1. The quantitative estimate of drug-likeness (QED) is 0.653. The number of hydrogen-bond donors (Lipinski definition) is 2. The lowest BCUT2D eigenvalue weighted by Gasteiger charge is -2.19. The van der Waals surface area contributed by atoms with E-state index in [1.54, 1.807) is 0 Å². The molecule has 2 N–H and O–H groups in total. The van der Waals surface area contributed by atoms with Crippen LogP contribution in [-0.2, 0) is 19.3 Å². The Morgan fingerprint density at radius 1 is 1.07 bits per heavy atom. The van der Waals surface area contributed by atoms with Crippen molar-refractivity contribution in [2.45, 2.75) is 57.8 Å². The number of aromatic nitrogens is 1. The second-order valence-electron chi connectivity index (χ2n) is 7.85. The van der Waals surface area contributed by atoms with E-state index in [0.29, 0.717) is 5.75 Å². The van der Waals surface area contributed by atoms with E-state index in [4.69, 9.17) is 0 Å². The molecule has 0 spiro atoms. The maximum Gasteiger partial charge on any atom is 0.251 e. The van der Waals surface area contributed by atoms with Crippen LogP contribution in [0, 0.1) is 0 Å². The Kier molecular flexibility index (Phi) is 5.02. The van der Waals surface area contributed by atoms with Crippen LogP contribution < -0.4 is 5.56 Å². The fourth-order valence-corrected chi connectivity index (χ4v) is 4.42. The first-order chi connectivity index (χ1) is 13.1. The Hall–Kier alpha value is -2.55. The summed E-state index contributed by atoms with van der Waals surface area (Å²) in [7, 11) is 0. The minimum absolute atomic E-state index is 0.0468. The normalized spacial score (nSPS) is 14.9. The number of aromatic amines is 1. The largest absolute Gasteiger partial charge is 0.508 e. The topological polar surface area (TPSA) is 53.1 Å². The highest BCUT2D eigenvalue weighted by atomic mass is 16.3. The van der Waals surface area contributed by atoms with Crippen molar-refractivity contribution in [3.05, 3.63) is 75.1 Å². The van der Waals surface area contributed by atoms with Gasteiger partial charge in [-0.2, -0.15) is 0 Å². The molecule has 1 aliphatic carbocycles. The van der Waals surface area contributed by atoms with Gasteiger partial charge in [0.2, 0.25) is 0 Å². The van der Waals surface area contributed by atoms with Gasteiger partial charge >= 0.3 is 0 Å². The lowest BCUT2D eigenvalue weighted by molar-refractivity contribution is 0.460. The third-order valence-electron chi connectivity index (χ3n) is 5.96. The molecule has 1 unspecified atom stereocenters. The molecule has 1 aromatic heterocycles. The standard InChI is InChI=1S/C24H27NO2/c1-16(8-7-11-17-9-3-2-4-10-17)20-14-22-21(15-23(20)26)18-12-5-6-13-19(18)24(27)25-22/h2-4,9-10,14-16,26H,5-8,11-13H2,1H3,(H,25,27). The average Bonchev–Trinajstić information content (AvgIpc) is 2.69. The first-order valence-corrected chi connectivity index (χ1v) is 10.1. The number of H-pyrrole nitrogens is 1. The van der Waals surface area contributed by atoms with Crippen LogP contribution in [0.5, 0.6) is 5.75 Å². The van der Waals surface area contributed by atoms with Crippen molar-refractivity contribution in [1.29, 1.82) is 0 Å². The summed E-state index contributed by atoms with van der Waals surface area (Å²) >= 11 is 0. The van der Waals surface area contributed by atoms with Crippen LogP contribution in [0.4, 0.5) is 0 Å². The number of aromatic hydroxyl groups is 1. The number of hydrogen-bond acceptors (Lipinski definition) is 2. The van der Waals surface area contributed by atoms with Gasteiger partial charge in [0.15, 0.2) is 0 Å².